The number of nitrogens with zero attached hydrogens (tertiary/aromatic N) is 1. The molecule has 106 valence electrons. The number of H-pyrrole nitrogens is 1. The highest BCUT2D eigenvalue weighted by molar-refractivity contribution is 6.41. The highest BCUT2D eigenvalue weighted by Gasteiger charge is 2.22. The topological polar surface area (TPSA) is 81.0 Å². The standard InChI is InChI=1S/C15H12ClN3O2/c1-6-3-8-11(10-5-18-19-15(10)17)13-9(4-7(2)20-13)12(16)14(8)21-6/h3-5H,1-2H3,(H3,17,18,19). The van der Waals surface area contributed by atoms with Gasteiger partial charge in [-0.3, -0.25) is 5.10 Å². The summed E-state index contributed by atoms with van der Waals surface area (Å²) in [5.74, 6) is 2.03. The Morgan fingerprint density at radius 1 is 1.10 bits per heavy atom. The molecule has 1 aromatic carbocycles. The van der Waals surface area contributed by atoms with Gasteiger partial charge in [-0.1, -0.05) is 11.6 Å². The molecular formula is C15H12ClN3O2. The van der Waals surface area contributed by atoms with Crippen molar-refractivity contribution in [2.75, 3.05) is 5.73 Å². The van der Waals surface area contributed by atoms with E-state index in [9.17, 15) is 0 Å². The number of benzene rings is 1. The fraction of sp³-hybridized carbons (Fsp3) is 0.133. The van der Waals surface area contributed by atoms with Crippen LogP contribution >= 0.6 is 11.6 Å². The summed E-state index contributed by atoms with van der Waals surface area (Å²) in [5, 5.41) is 8.97. The molecule has 4 rings (SSSR count). The van der Waals surface area contributed by atoms with Gasteiger partial charge >= 0.3 is 0 Å². The Bertz CT molecular complexity index is 936. The lowest BCUT2D eigenvalue weighted by molar-refractivity contribution is 0.576. The summed E-state index contributed by atoms with van der Waals surface area (Å²) in [6.07, 6.45) is 1.68. The van der Waals surface area contributed by atoms with E-state index in [4.69, 9.17) is 26.2 Å². The minimum atomic E-state index is 0.479. The Labute approximate surface area is 124 Å². The zero-order valence-corrected chi connectivity index (χ0v) is 12.2. The van der Waals surface area contributed by atoms with Gasteiger partial charge in [0.15, 0.2) is 5.58 Å². The lowest BCUT2D eigenvalue weighted by atomic mass is 10.0. The van der Waals surface area contributed by atoms with Crippen molar-refractivity contribution >= 4 is 39.4 Å². The van der Waals surface area contributed by atoms with Gasteiger partial charge in [0.05, 0.1) is 11.2 Å². The number of nitrogens with two attached hydrogens (primary N) is 1. The molecule has 0 atom stereocenters. The third kappa shape index (κ3) is 1.61. The van der Waals surface area contributed by atoms with Crippen LogP contribution in [0, 0.1) is 13.8 Å². The summed E-state index contributed by atoms with van der Waals surface area (Å²) in [6, 6.07) is 3.83. The van der Waals surface area contributed by atoms with E-state index in [1.807, 2.05) is 26.0 Å². The lowest BCUT2D eigenvalue weighted by Crippen LogP contribution is -1.89. The summed E-state index contributed by atoms with van der Waals surface area (Å²) < 4.78 is 11.6. The Hall–Kier alpha value is -2.40. The first-order chi connectivity index (χ1) is 10.1. The number of aromatic amines is 1. The Morgan fingerprint density at radius 2 is 1.76 bits per heavy atom. The maximum absolute atomic E-state index is 6.47. The van der Waals surface area contributed by atoms with E-state index in [1.165, 1.54) is 0 Å². The second kappa shape index (κ2) is 4.05. The molecular weight excluding hydrogens is 290 g/mol. The van der Waals surface area contributed by atoms with Crippen molar-refractivity contribution in [3.05, 3.63) is 34.9 Å². The van der Waals surface area contributed by atoms with E-state index in [1.54, 1.807) is 6.20 Å². The van der Waals surface area contributed by atoms with Gasteiger partial charge in [-0.2, -0.15) is 5.10 Å². The number of fused-ring (bicyclic) bond motifs is 2. The van der Waals surface area contributed by atoms with E-state index < -0.39 is 0 Å². The monoisotopic (exact) mass is 301 g/mol. The number of halogens is 1. The number of aromatic nitrogens is 2. The van der Waals surface area contributed by atoms with Crippen molar-refractivity contribution < 1.29 is 8.83 Å². The molecule has 21 heavy (non-hydrogen) atoms. The van der Waals surface area contributed by atoms with Crippen LogP contribution in [0.4, 0.5) is 5.82 Å². The van der Waals surface area contributed by atoms with Crippen LogP contribution in [-0.2, 0) is 0 Å². The predicted octanol–water partition coefficient (Wildman–Crippen LogP) is 4.42. The molecule has 0 aliphatic heterocycles. The van der Waals surface area contributed by atoms with Gasteiger partial charge < -0.3 is 14.6 Å². The minimum absolute atomic E-state index is 0.479. The van der Waals surface area contributed by atoms with Gasteiger partial charge in [0.1, 0.15) is 22.9 Å². The number of aryl methyl sites for hydroxylation is 2. The molecule has 0 fully saturated rings. The summed E-state index contributed by atoms with van der Waals surface area (Å²) in [5.41, 5.74) is 8.94. The zero-order chi connectivity index (χ0) is 14.7. The van der Waals surface area contributed by atoms with Crippen molar-refractivity contribution in [3.63, 3.8) is 0 Å². The number of rotatable bonds is 1. The normalized spacial score (nSPS) is 11.8. The molecule has 0 unspecified atom stereocenters. The quantitative estimate of drug-likeness (QED) is 0.545. The molecule has 0 saturated carbocycles. The van der Waals surface area contributed by atoms with Crippen LogP contribution in [0.15, 0.2) is 27.2 Å². The van der Waals surface area contributed by atoms with E-state index in [-0.39, 0.29) is 0 Å². The fourth-order valence-electron chi connectivity index (χ4n) is 2.73. The van der Waals surface area contributed by atoms with E-state index in [0.29, 0.717) is 22.0 Å². The van der Waals surface area contributed by atoms with Gasteiger partial charge in [-0.25, -0.2) is 0 Å². The molecule has 0 amide bonds. The second-order valence-corrected chi connectivity index (χ2v) is 5.46. The summed E-state index contributed by atoms with van der Waals surface area (Å²) in [4.78, 5) is 0. The first kappa shape index (κ1) is 12.3. The van der Waals surface area contributed by atoms with E-state index >= 15 is 0 Å². The summed E-state index contributed by atoms with van der Waals surface area (Å²) in [7, 11) is 0. The number of nitrogen functional groups attached to an aromatic ring is 1. The van der Waals surface area contributed by atoms with Crippen LogP contribution in [0.5, 0.6) is 0 Å². The number of furan rings is 2. The van der Waals surface area contributed by atoms with Crippen LogP contribution in [-0.4, -0.2) is 10.2 Å². The molecule has 0 radical (unpaired) electrons. The number of hydrogen-bond donors (Lipinski definition) is 2. The zero-order valence-electron chi connectivity index (χ0n) is 11.5. The first-order valence-electron chi connectivity index (χ1n) is 6.47. The number of anilines is 1. The highest BCUT2D eigenvalue weighted by Crippen LogP contribution is 2.44. The third-order valence-corrected chi connectivity index (χ3v) is 3.96. The Balaban J connectivity index is 2.29. The molecule has 6 heteroatoms. The average molecular weight is 302 g/mol. The summed E-state index contributed by atoms with van der Waals surface area (Å²) in [6.45, 7) is 3.76. The van der Waals surface area contributed by atoms with Gasteiger partial charge in [-0.15, -0.1) is 0 Å². The smallest absolute Gasteiger partial charge is 0.154 e. The van der Waals surface area contributed by atoms with Gasteiger partial charge in [0.25, 0.3) is 0 Å². The summed E-state index contributed by atoms with van der Waals surface area (Å²) >= 11 is 6.47. The van der Waals surface area contributed by atoms with Crippen molar-refractivity contribution in [1.82, 2.24) is 10.2 Å². The minimum Gasteiger partial charge on any atom is -0.461 e. The predicted molar refractivity (Wildman–Crippen MR) is 82.5 cm³/mol. The van der Waals surface area contributed by atoms with Crippen LogP contribution in [0.1, 0.15) is 11.5 Å². The molecule has 0 bridgehead atoms. The van der Waals surface area contributed by atoms with E-state index in [0.717, 1.165) is 33.4 Å². The Morgan fingerprint density at radius 3 is 2.43 bits per heavy atom. The molecule has 0 saturated heterocycles. The van der Waals surface area contributed by atoms with Gasteiger partial charge in [0, 0.05) is 21.9 Å². The number of hydrogen-bond acceptors (Lipinski definition) is 4. The molecule has 0 aliphatic rings. The molecule has 4 aromatic rings. The van der Waals surface area contributed by atoms with Crippen LogP contribution in [0.2, 0.25) is 5.02 Å². The van der Waals surface area contributed by atoms with Crippen LogP contribution in [0.25, 0.3) is 33.1 Å². The largest absolute Gasteiger partial charge is 0.461 e. The maximum atomic E-state index is 6.47. The van der Waals surface area contributed by atoms with Crippen molar-refractivity contribution in [3.8, 4) is 11.1 Å². The first-order valence-corrected chi connectivity index (χ1v) is 6.85. The van der Waals surface area contributed by atoms with Gasteiger partial charge in [0.2, 0.25) is 0 Å². The van der Waals surface area contributed by atoms with E-state index in [2.05, 4.69) is 10.2 Å². The van der Waals surface area contributed by atoms with Crippen LogP contribution in [0.3, 0.4) is 0 Å². The molecule has 3 heterocycles. The fourth-order valence-corrected chi connectivity index (χ4v) is 3.01. The molecule has 3 aromatic heterocycles. The number of nitrogens with one attached hydrogen (secondary N) is 1. The third-order valence-electron chi connectivity index (χ3n) is 3.58. The Kier molecular flexibility index (Phi) is 2.38. The van der Waals surface area contributed by atoms with Crippen molar-refractivity contribution in [2.24, 2.45) is 0 Å². The molecule has 3 N–H and O–H groups in total. The maximum Gasteiger partial charge on any atom is 0.154 e. The second-order valence-electron chi connectivity index (χ2n) is 5.09. The van der Waals surface area contributed by atoms with Crippen molar-refractivity contribution in [2.45, 2.75) is 13.8 Å². The van der Waals surface area contributed by atoms with Gasteiger partial charge in [-0.05, 0) is 26.0 Å². The molecule has 5 nitrogen and oxygen atoms in total. The molecule has 0 aliphatic carbocycles. The molecule has 0 spiro atoms. The van der Waals surface area contributed by atoms with Crippen molar-refractivity contribution in [1.29, 1.82) is 0 Å². The highest BCUT2D eigenvalue weighted by atomic mass is 35.5. The van der Waals surface area contributed by atoms with Crippen LogP contribution < -0.4 is 5.73 Å². The SMILES string of the molecule is Cc1cc2c(-c3cn[nH]c3N)c3oc(C)cc3c(Cl)c2o1. The lowest BCUT2D eigenvalue weighted by Gasteiger charge is -2.05. The average Bonchev–Trinajstić information content (AvgIpc) is 3.10.